The average molecular weight is 167 g/mol. The van der Waals surface area contributed by atoms with Gasteiger partial charge in [-0.05, 0) is 11.1 Å². The highest BCUT2D eigenvalue weighted by atomic mass is 19.1. The van der Waals surface area contributed by atoms with Crippen molar-refractivity contribution in [3.05, 3.63) is 41.3 Å². The van der Waals surface area contributed by atoms with Crippen LogP contribution in [0.5, 0.6) is 0 Å². The summed E-state index contributed by atoms with van der Waals surface area (Å²) in [5.41, 5.74) is 1.68. The topological polar surface area (TPSA) is 20.2 Å². The molecule has 0 saturated carbocycles. The molecule has 65 valence electrons. The molecule has 0 bridgehead atoms. The Labute approximate surface area is 71.9 Å². The lowest BCUT2D eigenvalue weighted by Crippen LogP contribution is -1.97. The molecule has 1 radical (unpaired) electrons. The van der Waals surface area contributed by atoms with Crippen LogP contribution < -0.4 is 0 Å². The highest BCUT2D eigenvalue weighted by molar-refractivity contribution is 5.33. The van der Waals surface area contributed by atoms with Crippen LogP contribution in [0, 0.1) is 5.92 Å². The van der Waals surface area contributed by atoms with Crippen molar-refractivity contribution in [3.8, 4) is 0 Å². The Morgan fingerprint density at radius 3 is 2.83 bits per heavy atom. The van der Waals surface area contributed by atoms with E-state index in [1.54, 1.807) is 13.0 Å². The van der Waals surface area contributed by atoms with Crippen LogP contribution in [0.25, 0.3) is 0 Å². The van der Waals surface area contributed by atoms with E-state index in [1.165, 1.54) is 0 Å². The minimum absolute atomic E-state index is 0.00735. The Hall–Kier alpha value is -0.890. The summed E-state index contributed by atoms with van der Waals surface area (Å²) in [7, 11) is 0. The predicted molar refractivity (Wildman–Crippen MR) is 46.4 cm³/mol. The molecule has 1 N–H and O–H groups in total. The minimum atomic E-state index is -0.436. The number of benzene rings is 1. The fourth-order valence-electron chi connectivity index (χ4n) is 1.01. The molecule has 0 fully saturated rings. The summed E-state index contributed by atoms with van der Waals surface area (Å²) < 4.78 is 12.2. The van der Waals surface area contributed by atoms with E-state index in [-0.39, 0.29) is 6.61 Å². The van der Waals surface area contributed by atoms with E-state index in [0.717, 1.165) is 11.1 Å². The molecule has 2 heteroatoms. The van der Waals surface area contributed by atoms with E-state index in [1.807, 2.05) is 18.2 Å². The Morgan fingerprint density at radius 1 is 1.50 bits per heavy atom. The highest BCUT2D eigenvalue weighted by Gasteiger charge is 2.05. The van der Waals surface area contributed by atoms with Gasteiger partial charge in [0.2, 0.25) is 0 Å². The quantitative estimate of drug-likeness (QED) is 0.730. The maximum absolute atomic E-state index is 12.2. The van der Waals surface area contributed by atoms with Gasteiger partial charge in [-0.3, -0.25) is 4.39 Å². The number of aliphatic hydroxyl groups is 1. The Bertz CT molecular complexity index is 247. The normalized spacial score (nSPS) is 10.7. The zero-order valence-corrected chi connectivity index (χ0v) is 7.05. The van der Waals surface area contributed by atoms with Crippen molar-refractivity contribution in [1.82, 2.24) is 0 Å². The summed E-state index contributed by atoms with van der Waals surface area (Å²) in [4.78, 5) is 0. The number of alkyl halides is 1. The zero-order valence-electron chi connectivity index (χ0n) is 7.05. The second kappa shape index (κ2) is 4.21. The van der Waals surface area contributed by atoms with E-state index in [0.29, 0.717) is 5.92 Å². The molecule has 0 atom stereocenters. The molecule has 0 aliphatic heterocycles. The van der Waals surface area contributed by atoms with Crippen LogP contribution in [0.1, 0.15) is 18.1 Å². The molecule has 0 unspecified atom stereocenters. The third kappa shape index (κ3) is 2.05. The fraction of sp³-hybridized carbons (Fsp3) is 0.300. The first kappa shape index (κ1) is 9.20. The van der Waals surface area contributed by atoms with Gasteiger partial charge >= 0.3 is 0 Å². The maximum atomic E-state index is 12.2. The van der Waals surface area contributed by atoms with Crippen LogP contribution >= 0.6 is 0 Å². The van der Waals surface area contributed by atoms with Gasteiger partial charge in [-0.15, -0.1) is 0 Å². The molecular weight excluding hydrogens is 155 g/mol. The van der Waals surface area contributed by atoms with Crippen molar-refractivity contribution in [1.29, 1.82) is 0 Å². The number of hydrogen-bond donors (Lipinski definition) is 1. The summed E-state index contributed by atoms with van der Waals surface area (Å²) >= 11 is 0. The molecular formula is C10H12FO. The minimum Gasteiger partial charge on any atom is -0.392 e. The van der Waals surface area contributed by atoms with Crippen LogP contribution in [0.15, 0.2) is 24.3 Å². The van der Waals surface area contributed by atoms with Crippen molar-refractivity contribution in [2.24, 2.45) is 0 Å². The third-order valence-corrected chi connectivity index (χ3v) is 1.80. The molecule has 0 saturated heterocycles. The summed E-state index contributed by atoms with van der Waals surface area (Å²) in [6, 6.07) is 7.28. The molecule has 1 rings (SSSR count). The molecule has 1 nitrogen and oxygen atoms in total. The summed E-state index contributed by atoms with van der Waals surface area (Å²) in [5.74, 6) is 0.699. The lowest BCUT2D eigenvalue weighted by Gasteiger charge is -2.06. The number of hydrogen-bond acceptors (Lipinski definition) is 1. The van der Waals surface area contributed by atoms with Gasteiger partial charge in [0.15, 0.2) is 0 Å². The summed E-state index contributed by atoms with van der Waals surface area (Å²) in [5, 5.41) is 8.81. The molecule has 12 heavy (non-hydrogen) atoms. The van der Waals surface area contributed by atoms with Gasteiger partial charge in [0, 0.05) is 5.92 Å². The molecule has 0 amide bonds. The smallest absolute Gasteiger partial charge is 0.0997 e. The van der Waals surface area contributed by atoms with Gasteiger partial charge in [-0.2, -0.15) is 0 Å². The first-order chi connectivity index (χ1) is 5.77. The lowest BCUT2D eigenvalue weighted by atomic mass is 10.0. The third-order valence-electron chi connectivity index (χ3n) is 1.80. The standard InChI is InChI=1S/C10H12FO/c1-8(6-11)10-4-2-3-9(5-10)7-12/h2-5,12H,6-7H2,1H3. The first-order valence-corrected chi connectivity index (χ1v) is 3.86. The second-order valence-corrected chi connectivity index (χ2v) is 2.77. The van der Waals surface area contributed by atoms with Crippen molar-refractivity contribution >= 4 is 0 Å². The number of halogens is 1. The monoisotopic (exact) mass is 167 g/mol. The van der Waals surface area contributed by atoms with Gasteiger partial charge in [-0.1, -0.05) is 31.2 Å². The van der Waals surface area contributed by atoms with E-state index < -0.39 is 6.67 Å². The van der Waals surface area contributed by atoms with Crippen molar-refractivity contribution in [3.63, 3.8) is 0 Å². The molecule has 0 aliphatic rings. The number of rotatable bonds is 3. The Kier molecular flexibility index (Phi) is 3.23. The van der Waals surface area contributed by atoms with Gasteiger partial charge in [0.05, 0.1) is 13.3 Å². The molecule has 0 aliphatic carbocycles. The van der Waals surface area contributed by atoms with Crippen molar-refractivity contribution in [2.75, 3.05) is 6.67 Å². The lowest BCUT2D eigenvalue weighted by molar-refractivity contribution is 0.281. The van der Waals surface area contributed by atoms with E-state index in [2.05, 4.69) is 0 Å². The second-order valence-electron chi connectivity index (χ2n) is 2.77. The van der Waals surface area contributed by atoms with Crippen LogP contribution in [-0.2, 0) is 6.61 Å². The molecule has 0 spiro atoms. The summed E-state index contributed by atoms with van der Waals surface area (Å²) in [6.45, 7) is 1.32. The SMILES string of the molecule is C[C](CF)c1cccc(CO)c1. The Balaban J connectivity index is 2.86. The van der Waals surface area contributed by atoms with Crippen molar-refractivity contribution < 1.29 is 9.50 Å². The van der Waals surface area contributed by atoms with E-state index in [4.69, 9.17) is 5.11 Å². The van der Waals surface area contributed by atoms with E-state index in [9.17, 15) is 4.39 Å². The maximum Gasteiger partial charge on any atom is 0.0997 e. The van der Waals surface area contributed by atoms with Crippen LogP contribution in [-0.4, -0.2) is 11.8 Å². The molecule has 0 aromatic heterocycles. The van der Waals surface area contributed by atoms with Gasteiger partial charge < -0.3 is 5.11 Å². The molecule has 0 heterocycles. The first-order valence-electron chi connectivity index (χ1n) is 3.86. The zero-order chi connectivity index (χ0) is 8.97. The Morgan fingerprint density at radius 2 is 2.25 bits per heavy atom. The highest BCUT2D eigenvalue weighted by Crippen LogP contribution is 2.15. The van der Waals surface area contributed by atoms with Gasteiger partial charge in [0.25, 0.3) is 0 Å². The van der Waals surface area contributed by atoms with Crippen LogP contribution in [0.3, 0.4) is 0 Å². The van der Waals surface area contributed by atoms with Gasteiger partial charge in [0.1, 0.15) is 0 Å². The van der Waals surface area contributed by atoms with Crippen molar-refractivity contribution in [2.45, 2.75) is 13.5 Å². The molecule has 1 aromatic carbocycles. The predicted octanol–water partition coefficient (Wildman–Crippen LogP) is 2.09. The average Bonchev–Trinajstić information content (AvgIpc) is 2.17. The van der Waals surface area contributed by atoms with Crippen LogP contribution in [0.4, 0.5) is 4.39 Å². The fourth-order valence-corrected chi connectivity index (χ4v) is 1.01. The van der Waals surface area contributed by atoms with E-state index >= 15 is 0 Å². The van der Waals surface area contributed by atoms with Crippen LogP contribution in [0.2, 0.25) is 0 Å². The molecule has 1 aromatic rings. The van der Waals surface area contributed by atoms with Gasteiger partial charge in [-0.25, -0.2) is 0 Å². The largest absolute Gasteiger partial charge is 0.392 e. The number of aliphatic hydroxyl groups excluding tert-OH is 1. The summed E-state index contributed by atoms with van der Waals surface area (Å²) in [6.07, 6.45) is 0.